The summed E-state index contributed by atoms with van der Waals surface area (Å²) in [6, 6.07) is 0. The highest BCUT2D eigenvalue weighted by molar-refractivity contribution is 6.35. The van der Waals surface area contributed by atoms with E-state index >= 15 is 0 Å². The van der Waals surface area contributed by atoms with Crippen LogP contribution in [-0.4, -0.2) is 13.2 Å². The van der Waals surface area contributed by atoms with Crippen molar-refractivity contribution in [1.82, 2.24) is 5.32 Å². The van der Waals surface area contributed by atoms with Crippen molar-refractivity contribution in [2.45, 2.75) is 32.5 Å². The van der Waals surface area contributed by atoms with Crippen molar-refractivity contribution in [2.24, 2.45) is 0 Å². The lowest BCUT2D eigenvalue weighted by atomic mass is 9.70. The molecule has 2 heteroatoms. The van der Waals surface area contributed by atoms with E-state index in [1.165, 1.54) is 0 Å². The summed E-state index contributed by atoms with van der Waals surface area (Å²) < 4.78 is 0. The fourth-order valence-corrected chi connectivity index (χ4v) is 0.936. The molecule has 1 N–H and O–H groups in total. The smallest absolute Gasteiger partial charge is 0.136 e. The Labute approximate surface area is 70.8 Å². The number of hydrogen-bond donors (Lipinski definition) is 1. The quantitative estimate of drug-likeness (QED) is 0.451. The molecule has 0 aromatic carbocycles. The summed E-state index contributed by atoms with van der Waals surface area (Å²) in [5.41, 5.74) is 1.03. The van der Waals surface area contributed by atoms with Crippen LogP contribution in [0.15, 0.2) is 24.9 Å². The maximum absolute atomic E-state index is 3.79. The third kappa shape index (κ3) is 5.77. The average Bonchev–Trinajstić information content (AvgIpc) is 1.97. The van der Waals surface area contributed by atoms with Gasteiger partial charge in [0.1, 0.15) is 7.28 Å². The van der Waals surface area contributed by atoms with Gasteiger partial charge in [-0.2, -0.15) is 0 Å². The second-order valence-corrected chi connectivity index (χ2v) is 2.73. The van der Waals surface area contributed by atoms with Crippen LogP contribution in [0.5, 0.6) is 0 Å². The maximum atomic E-state index is 3.79. The Balaban J connectivity index is 3.57. The third-order valence-corrected chi connectivity index (χ3v) is 1.52. The Bertz CT molecular complexity index is 132. The molecule has 0 spiro atoms. The van der Waals surface area contributed by atoms with Crippen molar-refractivity contribution in [3.63, 3.8) is 0 Å². The zero-order valence-electron chi connectivity index (χ0n) is 7.56. The Morgan fingerprint density at radius 2 is 2.36 bits per heavy atom. The first-order chi connectivity index (χ1) is 5.20. The van der Waals surface area contributed by atoms with E-state index in [1.807, 2.05) is 13.0 Å². The van der Waals surface area contributed by atoms with Crippen LogP contribution in [0.2, 0.25) is 6.82 Å². The van der Waals surface area contributed by atoms with E-state index in [2.05, 4.69) is 32.6 Å². The molecule has 0 saturated carbocycles. The standard InChI is InChI=1S/C9H17BN/c1-5-6-7-9(10-4)11-8(2)3/h5,9,11H,1-2,6-7H2,3-4H3. The van der Waals surface area contributed by atoms with Crippen LogP contribution in [0.25, 0.3) is 0 Å². The van der Waals surface area contributed by atoms with Crippen LogP contribution in [-0.2, 0) is 0 Å². The van der Waals surface area contributed by atoms with E-state index < -0.39 is 0 Å². The van der Waals surface area contributed by atoms with Crippen LogP contribution >= 0.6 is 0 Å². The van der Waals surface area contributed by atoms with Crippen molar-refractivity contribution in [2.75, 3.05) is 0 Å². The zero-order chi connectivity index (χ0) is 8.69. The minimum Gasteiger partial charge on any atom is -0.394 e. The summed E-state index contributed by atoms with van der Waals surface area (Å²) in [5.74, 6) is 0.450. The minimum absolute atomic E-state index is 0.450. The summed E-state index contributed by atoms with van der Waals surface area (Å²) in [5, 5.41) is 3.27. The summed E-state index contributed by atoms with van der Waals surface area (Å²) in [6.45, 7) is 11.5. The normalized spacial score (nSPS) is 11.8. The lowest BCUT2D eigenvalue weighted by Crippen LogP contribution is -2.31. The molecule has 0 fully saturated rings. The van der Waals surface area contributed by atoms with Gasteiger partial charge in [-0.1, -0.05) is 19.5 Å². The van der Waals surface area contributed by atoms with E-state index in [9.17, 15) is 0 Å². The molecule has 0 rings (SSSR count). The molecule has 0 bridgehead atoms. The molecule has 0 aromatic rings. The lowest BCUT2D eigenvalue weighted by Gasteiger charge is -2.16. The number of rotatable bonds is 6. The van der Waals surface area contributed by atoms with Gasteiger partial charge in [0.2, 0.25) is 0 Å². The molecule has 0 aliphatic carbocycles. The molecule has 61 valence electrons. The summed E-state index contributed by atoms with van der Waals surface area (Å²) in [6.07, 6.45) is 4.10. The molecule has 1 unspecified atom stereocenters. The molecule has 0 aliphatic rings. The van der Waals surface area contributed by atoms with Gasteiger partial charge >= 0.3 is 0 Å². The topological polar surface area (TPSA) is 12.0 Å². The van der Waals surface area contributed by atoms with Crippen molar-refractivity contribution in [1.29, 1.82) is 0 Å². The van der Waals surface area contributed by atoms with Gasteiger partial charge in [-0.15, -0.1) is 6.58 Å². The minimum atomic E-state index is 0.450. The lowest BCUT2D eigenvalue weighted by molar-refractivity contribution is 0.672. The maximum Gasteiger partial charge on any atom is 0.136 e. The number of nitrogens with one attached hydrogen (secondary N) is 1. The largest absolute Gasteiger partial charge is 0.394 e. The van der Waals surface area contributed by atoms with Crippen LogP contribution in [0, 0.1) is 0 Å². The van der Waals surface area contributed by atoms with Gasteiger partial charge in [-0.3, -0.25) is 0 Å². The van der Waals surface area contributed by atoms with E-state index in [0.29, 0.717) is 5.94 Å². The van der Waals surface area contributed by atoms with Gasteiger partial charge in [0.05, 0.1) is 0 Å². The Morgan fingerprint density at radius 1 is 1.73 bits per heavy atom. The van der Waals surface area contributed by atoms with Crippen molar-refractivity contribution in [3.05, 3.63) is 24.9 Å². The molecule has 11 heavy (non-hydrogen) atoms. The van der Waals surface area contributed by atoms with Gasteiger partial charge < -0.3 is 5.32 Å². The first-order valence-electron chi connectivity index (χ1n) is 4.03. The molecule has 0 aromatic heterocycles. The zero-order valence-corrected chi connectivity index (χ0v) is 7.56. The second kappa shape index (κ2) is 6.08. The van der Waals surface area contributed by atoms with Crippen LogP contribution in [0.3, 0.4) is 0 Å². The van der Waals surface area contributed by atoms with Gasteiger partial charge in [0.25, 0.3) is 0 Å². The van der Waals surface area contributed by atoms with Gasteiger partial charge in [-0.25, -0.2) is 0 Å². The summed E-state index contributed by atoms with van der Waals surface area (Å²) in [4.78, 5) is 0. The van der Waals surface area contributed by atoms with Crippen LogP contribution < -0.4 is 5.32 Å². The molecule has 0 amide bonds. The molecule has 0 saturated heterocycles. The van der Waals surface area contributed by atoms with Crippen molar-refractivity contribution >= 4 is 7.28 Å². The first kappa shape index (κ1) is 10.3. The molecule has 1 radical (unpaired) electrons. The summed E-state index contributed by atoms with van der Waals surface area (Å²) >= 11 is 0. The van der Waals surface area contributed by atoms with Gasteiger partial charge in [0.15, 0.2) is 0 Å². The van der Waals surface area contributed by atoms with Gasteiger partial charge in [-0.05, 0) is 31.4 Å². The van der Waals surface area contributed by atoms with Gasteiger partial charge in [0, 0.05) is 0 Å². The molecular weight excluding hydrogens is 133 g/mol. The highest BCUT2D eigenvalue weighted by Crippen LogP contribution is 1.98. The Morgan fingerprint density at radius 3 is 2.73 bits per heavy atom. The average molecular weight is 150 g/mol. The van der Waals surface area contributed by atoms with E-state index in [4.69, 9.17) is 0 Å². The molecule has 0 heterocycles. The fourth-order valence-electron chi connectivity index (χ4n) is 0.936. The predicted octanol–water partition coefficient (Wildman–Crippen LogP) is 2.15. The highest BCUT2D eigenvalue weighted by Gasteiger charge is 2.03. The number of hydrogen-bond acceptors (Lipinski definition) is 1. The van der Waals surface area contributed by atoms with Crippen molar-refractivity contribution < 1.29 is 0 Å². The van der Waals surface area contributed by atoms with E-state index in [1.54, 1.807) is 0 Å². The third-order valence-electron chi connectivity index (χ3n) is 1.52. The Kier molecular flexibility index (Phi) is 5.72. The SMILES string of the molecule is C=CCCC([B]C)NC(=C)C. The van der Waals surface area contributed by atoms with E-state index in [0.717, 1.165) is 18.5 Å². The molecule has 1 atom stereocenters. The predicted molar refractivity (Wildman–Crippen MR) is 52.8 cm³/mol. The van der Waals surface area contributed by atoms with Crippen molar-refractivity contribution in [3.8, 4) is 0 Å². The highest BCUT2D eigenvalue weighted by atomic mass is 14.9. The summed E-state index contributed by atoms with van der Waals surface area (Å²) in [7, 11) is 2.15. The Hall–Kier alpha value is -0.655. The molecule has 1 nitrogen and oxygen atoms in total. The second-order valence-electron chi connectivity index (χ2n) is 2.73. The van der Waals surface area contributed by atoms with Crippen LogP contribution in [0.4, 0.5) is 0 Å². The molecular formula is C9H17BN. The first-order valence-corrected chi connectivity index (χ1v) is 4.03. The van der Waals surface area contributed by atoms with E-state index in [-0.39, 0.29) is 0 Å². The monoisotopic (exact) mass is 150 g/mol. The fraction of sp³-hybridized carbons (Fsp3) is 0.556. The number of allylic oxidation sites excluding steroid dienone is 2. The molecule has 0 aliphatic heterocycles. The van der Waals surface area contributed by atoms with Crippen LogP contribution in [0.1, 0.15) is 19.8 Å².